The zero-order chi connectivity index (χ0) is 39.0. The van der Waals surface area contributed by atoms with Crippen LogP contribution in [0.15, 0.2) is 212 Å². The minimum absolute atomic E-state index is 0.958. The summed E-state index contributed by atoms with van der Waals surface area (Å²) in [6.07, 6.45) is 0. The summed E-state index contributed by atoms with van der Waals surface area (Å²) < 4.78 is 4.78. The van der Waals surface area contributed by atoms with Gasteiger partial charge in [0.1, 0.15) is 0 Å². The second-order valence-corrected chi connectivity index (χ2v) is 14.4. The standard InChI is InChI=1S/C53H35N3.C2H6/c1-4-15-36(16-5-1)48-34-41(35-49(54-48)37-17-6-2-7-18-37)38-19-14-22-43(31-38)56-51-26-13-11-24-45(51)47-33-40(28-30-53(47)56)39-27-29-52-46(32-39)44-23-10-12-25-50(44)55(52)42-20-8-3-9-21-42;1-2/h1-35H;1-2H3. The van der Waals surface area contributed by atoms with E-state index in [1.54, 1.807) is 0 Å². The van der Waals surface area contributed by atoms with Gasteiger partial charge in [0.15, 0.2) is 0 Å². The van der Waals surface area contributed by atoms with Crippen molar-refractivity contribution in [3.05, 3.63) is 212 Å². The highest BCUT2D eigenvalue weighted by Crippen LogP contribution is 2.39. The molecule has 0 aliphatic carbocycles. The van der Waals surface area contributed by atoms with Crippen LogP contribution in [-0.4, -0.2) is 14.1 Å². The van der Waals surface area contributed by atoms with E-state index in [9.17, 15) is 0 Å². The first-order chi connectivity index (χ1) is 28.8. The third kappa shape index (κ3) is 6.05. The summed E-state index contributed by atoms with van der Waals surface area (Å²) in [5.74, 6) is 0. The van der Waals surface area contributed by atoms with Crippen LogP contribution in [0.5, 0.6) is 0 Å². The molecule has 8 aromatic carbocycles. The Kier molecular flexibility index (Phi) is 8.96. The molecule has 0 bridgehead atoms. The number of pyridine rings is 1. The molecule has 0 atom stereocenters. The average molecular weight is 744 g/mol. The summed E-state index contributed by atoms with van der Waals surface area (Å²) in [6, 6.07) is 76.2. The molecule has 0 amide bonds. The number of hydrogen-bond donors (Lipinski definition) is 0. The van der Waals surface area contributed by atoms with E-state index >= 15 is 0 Å². The van der Waals surface area contributed by atoms with Gasteiger partial charge >= 0.3 is 0 Å². The summed E-state index contributed by atoms with van der Waals surface area (Å²) in [7, 11) is 0. The van der Waals surface area contributed by atoms with E-state index in [0.717, 1.165) is 39.3 Å². The Hall–Kier alpha value is -7.49. The fraction of sp³-hybridized carbons (Fsp3) is 0.0364. The van der Waals surface area contributed by atoms with Crippen molar-refractivity contribution in [2.24, 2.45) is 0 Å². The minimum Gasteiger partial charge on any atom is -0.309 e. The van der Waals surface area contributed by atoms with Gasteiger partial charge in [-0.25, -0.2) is 4.98 Å². The summed E-state index contributed by atoms with van der Waals surface area (Å²) in [4.78, 5) is 5.13. The predicted octanol–water partition coefficient (Wildman–Crippen LogP) is 15.0. The molecular formula is C55H41N3. The summed E-state index contributed by atoms with van der Waals surface area (Å²) >= 11 is 0. The van der Waals surface area contributed by atoms with E-state index in [-0.39, 0.29) is 0 Å². The lowest BCUT2D eigenvalue weighted by atomic mass is 9.99. The van der Waals surface area contributed by atoms with E-state index in [1.807, 2.05) is 26.0 Å². The van der Waals surface area contributed by atoms with Gasteiger partial charge in [0.2, 0.25) is 0 Å². The lowest BCUT2D eigenvalue weighted by molar-refractivity contribution is 1.18. The van der Waals surface area contributed by atoms with Crippen molar-refractivity contribution in [2.75, 3.05) is 0 Å². The Balaban J connectivity index is 0.00000201. The topological polar surface area (TPSA) is 22.8 Å². The molecule has 11 rings (SSSR count). The van der Waals surface area contributed by atoms with E-state index in [4.69, 9.17) is 4.98 Å². The van der Waals surface area contributed by atoms with Gasteiger partial charge in [-0.15, -0.1) is 0 Å². The van der Waals surface area contributed by atoms with Gasteiger partial charge in [0, 0.05) is 44.0 Å². The van der Waals surface area contributed by atoms with Gasteiger partial charge in [-0.3, -0.25) is 0 Å². The number of fused-ring (bicyclic) bond motifs is 6. The molecular weight excluding hydrogens is 703 g/mol. The van der Waals surface area contributed by atoms with E-state index in [2.05, 4.69) is 209 Å². The van der Waals surface area contributed by atoms with Crippen molar-refractivity contribution in [3.63, 3.8) is 0 Å². The summed E-state index contributed by atoms with van der Waals surface area (Å²) in [6.45, 7) is 4.00. The Bertz CT molecular complexity index is 3170. The van der Waals surface area contributed by atoms with Crippen molar-refractivity contribution < 1.29 is 0 Å². The van der Waals surface area contributed by atoms with E-state index in [1.165, 1.54) is 60.4 Å². The molecule has 0 spiro atoms. The molecule has 3 heteroatoms. The van der Waals surface area contributed by atoms with Crippen LogP contribution in [0.4, 0.5) is 0 Å². The van der Waals surface area contributed by atoms with Gasteiger partial charge in [-0.1, -0.05) is 153 Å². The highest BCUT2D eigenvalue weighted by atomic mass is 15.0. The third-order valence-corrected chi connectivity index (χ3v) is 11.1. The number of para-hydroxylation sites is 3. The minimum atomic E-state index is 0.958. The monoisotopic (exact) mass is 743 g/mol. The molecule has 0 saturated heterocycles. The molecule has 0 N–H and O–H groups in total. The maximum Gasteiger partial charge on any atom is 0.0715 e. The molecule has 0 saturated carbocycles. The van der Waals surface area contributed by atoms with Gasteiger partial charge in [0.25, 0.3) is 0 Å². The first kappa shape index (κ1) is 35.0. The molecule has 276 valence electrons. The largest absolute Gasteiger partial charge is 0.309 e. The molecule has 58 heavy (non-hydrogen) atoms. The fourth-order valence-corrected chi connectivity index (χ4v) is 8.47. The van der Waals surface area contributed by atoms with Gasteiger partial charge < -0.3 is 9.13 Å². The third-order valence-electron chi connectivity index (χ3n) is 11.1. The maximum absolute atomic E-state index is 5.13. The molecule has 0 unspecified atom stereocenters. The molecule has 0 aliphatic heterocycles. The molecule has 0 fully saturated rings. The van der Waals surface area contributed by atoms with Crippen molar-refractivity contribution in [1.29, 1.82) is 0 Å². The van der Waals surface area contributed by atoms with E-state index in [0.29, 0.717) is 0 Å². The molecule has 0 aliphatic rings. The first-order valence-electron chi connectivity index (χ1n) is 20.1. The quantitative estimate of drug-likeness (QED) is 0.166. The number of nitrogens with zero attached hydrogens (tertiary/aromatic N) is 3. The Morgan fingerprint density at radius 3 is 1.21 bits per heavy atom. The molecule has 3 heterocycles. The number of benzene rings is 8. The van der Waals surface area contributed by atoms with Crippen LogP contribution >= 0.6 is 0 Å². The summed E-state index contributed by atoms with van der Waals surface area (Å²) in [5.41, 5.74) is 15.9. The fourth-order valence-electron chi connectivity index (χ4n) is 8.47. The highest BCUT2D eigenvalue weighted by molar-refractivity contribution is 6.12. The van der Waals surface area contributed by atoms with Crippen LogP contribution < -0.4 is 0 Å². The average Bonchev–Trinajstić information content (AvgIpc) is 3.83. The van der Waals surface area contributed by atoms with Crippen LogP contribution in [0.2, 0.25) is 0 Å². The lowest BCUT2D eigenvalue weighted by Gasteiger charge is -2.13. The zero-order valence-electron chi connectivity index (χ0n) is 32.5. The van der Waals surface area contributed by atoms with Crippen LogP contribution in [-0.2, 0) is 0 Å². The van der Waals surface area contributed by atoms with Crippen molar-refractivity contribution in [3.8, 4) is 56.1 Å². The van der Waals surface area contributed by atoms with Crippen LogP contribution in [0, 0.1) is 0 Å². The predicted molar refractivity (Wildman–Crippen MR) is 246 cm³/mol. The Morgan fingerprint density at radius 2 is 0.672 bits per heavy atom. The highest BCUT2D eigenvalue weighted by Gasteiger charge is 2.17. The van der Waals surface area contributed by atoms with Crippen molar-refractivity contribution >= 4 is 43.6 Å². The van der Waals surface area contributed by atoms with Crippen LogP contribution in [0.1, 0.15) is 13.8 Å². The van der Waals surface area contributed by atoms with Crippen LogP contribution in [0.3, 0.4) is 0 Å². The molecule has 11 aromatic rings. The maximum atomic E-state index is 5.13. The molecule has 0 radical (unpaired) electrons. The van der Waals surface area contributed by atoms with Crippen LogP contribution in [0.25, 0.3) is 99.8 Å². The smallest absolute Gasteiger partial charge is 0.0715 e. The molecule has 3 nitrogen and oxygen atoms in total. The first-order valence-corrected chi connectivity index (χ1v) is 20.1. The van der Waals surface area contributed by atoms with Gasteiger partial charge in [-0.05, 0) is 95.1 Å². The summed E-state index contributed by atoms with van der Waals surface area (Å²) in [5, 5.41) is 4.98. The second kappa shape index (κ2) is 14.9. The van der Waals surface area contributed by atoms with Crippen molar-refractivity contribution in [2.45, 2.75) is 13.8 Å². The second-order valence-electron chi connectivity index (χ2n) is 14.4. The number of rotatable bonds is 6. The normalized spacial score (nSPS) is 11.3. The molecule has 3 aromatic heterocycles. The van der Waals surface area contributed by atoms with Gasteiger partial charge in [0.05, 0.1) is 33.5 Å². The lowest BCUT2D eigenvalue weighted by Crippen LogP contribution is -1.95. The SMILES string of the molecule is CC.c1ccc(-c2cc(-c3cccc(-n4c5ccccc5c5cc(-c6ccc7c(c6)c6ccccc6n7-c6ccccc6)ccc54)c3)cc(-c3ccccc3)n2)cc1. The Labute approximate surface area is 338 Å². The number of aromatic nitrogens is 3. The zero-order valence-corrected chi connectivity index (χ0v) is 32.5. The van der Waals surface area contributed by atoms with Crippen molar-refractivity contribution in [1.82, 2.24) is 14.1 Å². The Morgan fingerprint density at radius 1 is 0.276 bits per heavy atom. The number of hydrogen-bond acceptors (Lipinski definition) is 1. The van der Waals surface area contributed by atoms with Gasteiger partial charge in [-0.2, -0.15) is 0 Å². The van der Waals surface area contributed by atoms with E-state index < -0.39 is 0 Å².